The van der Waals surface area contributed by atoms with Gasteiger partial charge in [-0.2, -0.15) is 0 Å². The zero-order valence-electron chi connectivity index (χ0n) is 10.6. The van der Waals surface area contributed by atoms with Gasteiger partial charge in [-0.05, 0) is 36.8 Å². The maximum atomic E-state index is 12.6. The van der Waals surface area contributed by atoms with Crippen molar-refractivity contribution in [1.29, 1.82) is 0 Å². The molecule has 0 bridgehead atoms. The second kappa shape index (κ2) is 4.73. The molecule has 2 unspecified atom stereocenters. The molecule has 2 atom stereocenters. The summed E-state index contributed by atoms with van der Waals surface area (Å²) in [4.78, 5) is 14.6. The van der Waals surface area contributed by atoms with E-state index in [4.69, 9.17) is 5.73 Å². The van der Waals surface area contributed by atoms with Gasteiger partial charge >= 0.3 is 0 Å². The van der Waals surface area contributed by atoms with Gasteiger partial charge in [-0.15, -0.1) is 0 Å². The third kappa shape index (κ3) is 1.83. The summed E-state index contributed by atoms with van der Waals surface area (Å²) in [6.45, 7) is 1.49. The highest BCUT2D eigenvalue weighted by Crippen LogP contribution is 2.37. The molecule has 3 rings (SSSR count). The summed E-state index contributed by atoms with van der Waals surface area (Å²) >= 11 is 0. The molecule has 1 aliphatic heterocycles. The molecule has 3 heteroatoms. The van der Waals surface area contributed by atoms with Gasteiger partial charge in [0, 0.05) is 19.1 Å². The van der Waals surface area contributed by atoms with Crippen LogP contribution in [0.4, 0.5) is 0 Å². The molecule has 1 aromatic carbocycles. The number of carbonyl (C=O) groups is 1. The van der Waals surface area contributed by atoms with Crippen molar-refractivity contribution < 1.29 is 4.79 Å². The van der Waals surface area contributed by atoms with E-state index in [0.29, 0.717) is 12.5 Å². The zero-order valence-corrected chi connectivity index (χ0v) is 10.6. The van der Waals surface area contributed by atoms with Gasteiger partial charge in [0.1, 0.15) is 0 Å². The van der Waals surface area contributed by atoms with Gasteiger partial charge in [0.2, 0.25) is 5.91 Å². The Morgan fingerprint density at radius 1 is 1.33 bits per heavy atom. The van der Waals surface area contributed by atoms with Crippen LogP contribution in [-0.4, -0.2) is 29.9 Å². The highest BCUT2D eigenvalue weighted by molar-refractivity contribution is 5.87. The number of nitrogens with zero attached hydrogens (tertiary/aromatic N) is 1. The van der Waals surface area contributed by atoms with E-state index in [0.717, 1.165) is 25.8 Å². The summed E-state index contributed by atoms with van der Waals surface area (Å²) in [6.07, 6.45) is 4.29. The number of benzene rings is 1. The highest BCUT2D eigenvalue weighted by atomic mass is 16.2. The van der Waals surface area contributed by atoms with E-state index in [1.807, 2.05) is 17.0 Å². The molecule has 0 radical (unpaired) electrons. The van der Waals surface area contributed by atoms with Crippen LogP contribution in [0.1, 0.15) is 36.3 Å². The fourth-order valence-electron chi connectivity index (χ4n) is 3.22. The second-order valence-corrected chi connectivity index (χ2v) is 5.37. The Bertz CT molecular complexity index is 458. The lowest BCUT2D eigenvalue weighted by atomic mass is 9.76. The molecule has 0 aromatic heterocycles. The largest absolute Gasteiger partial charge is 0.338 e. The molecule has 1 aliphatic carbocycles. The lowest BCUT2D eigenvalue weighted by Crippen LogP contribution is -2.50. The fraction of sp³-hybridized carbons (Fsp3) is 0.533. The van der Waals surface area contributed by atoms with E-state index in [1.165, 1.54) is 17.5 Å². The Labute approximate surface area is 108 Å². The fourth-order valence-corrected chi connectivity index (χ4v) is 3.22. The van der Waals surface area contributed by atoms with Crippen molar-refractivity contribution in [2.45, 2.75) is 37.6 Å². The minimum Gasteiger partial charge on any atom is -0.338 e. The van der Waals surface area contributed by atoms with E-state index in [9.17, 15) is 4.79 Å². The number of nitrogens with two attached hydrogens (primary N) is 1. The average Bonchev–Trinajstić information content (AvgIpc) is 2.40. The van der Waals surface area contributed by atoms with E-state index in [-0.39, 0.29) is 12.0 Å². The van der Waals surface area contributed by atoms with Gasteiger partial charge in [-0.25, -0.2) is 0 Å². The zero-order chi connectivity index (χ0) is 12.5. The standard InChI is InChI=1S/C15H20N2O/c16-10-12-6-3-4-8-17(12)15(18)14-9-11-5-1-2-7-13(11)14/h1-2,5,7,12,14H,3-4,6,8-10,16H2. The number of hydrogen-bond acceptors (Lipinski definition) is 2. The third-order valence-electron chi connectivity index (χ3n) is 4.33. The number of likely N-dealkylation sites (tertiary alicyclic amines) is 1. The molecule has 18 heavy (non-hydrogen) atoms. The van der Waals surface area contributed by atoms with Gasteiger partial charge in [-0.3, -0.25) is 4.79 Å². The van der Waals surface area contributed by atoms with E-state index in [2.05, 4.69) is 12.1 Å². The Kier molecular flexibility index (Phi) is 3.08. The van der Waals surface area contributed by atoms with Crippen LogP contribution in [0.5, 0.6) is 0 Å². The van der Waals surface area contributed by atoms with Crippen LogP contribution in [0.25, 0.3) is 0 Å². The number of piperidine rings is 1. The maximum Gasteiger partial charge on any atom is 0.230 e. The molecular formula is C15H20N2O. The van der Waals surface area contributed by atoms with Crippen LogP contribution in [0.2, 0.25) is 0 Å². The molecular weight excluding hydrogens is 224 g/mol. The summed E-state index contributed by atoms with van der Waals surface area (Å²) in [5.41, 5.74) is 8.35. The number of carbonyl (C=O) groups excluding carboxylic acids is 1. The monoisotopic (exact) mass is 244 g/mol. The predicted molar refractivity (Wildman–Crippen MR) is 71.3 cm³/mol. The molecule has 2 N–H and O–H groups in total. The van der Waals surface area contributed by atoms with Crippen molar-refractivity contribution in [2.24, 2.45) is 5.73 Å². The first kappa shape index (κ1) is 11.7. The molecule has 1 fully saturated rings. The van der Waals surface area contributed by atoms with Crippen molar-refractivity contribution in [3.05, 3.63) is 35.4 Å². The highest BCUT2D eigenvalue weighted by Gasteiger charge is 2.37. The van der Waals surface area contributed by atoms with Gasteiger partial charge in [0.05, 0.1) is 5.92 Å². The summed E-state index contributed by atoms with van der Waals surface area (Å²) in [6, 6.07) is 8.54. The van der Waals surface area contributed by atoms with Crippen LogP contribution in [-0.2, 0) is 11.2 Å². The lowest BCUT2D eigenvalue weighted by Gasteiger charge is -2.40. The molecule has 0 spiro atoms. The summed E-state index contributed by atoms with van der Waals surface area (Å²) in [5, 5.41) is 0. The van der Waals surface area contributed by atoms with Crippen molar-refractivity contribution in [3.63, 3.8) is 0 Å². The van der Waals surface area contributed by atoms with Crippen LogP contribution < -0.4 is 5.73 Å². The first-order chi connectivity index (χ1) is 8.81. The van der Waals surface area contributed by atoms with Gasteiger partial charge in [0.25, 0.3) is 0 Å². The average molecular weight is 244 g/mol. The molecule has 1 heterocycles. The molecule has 3 nitrogen and oxygen atoms in total. The Balaban J connectivity index is 1.76. The molecule has 1 saturated heterocycles. The smallest absolute Gasteiger partial charge is 0.230 e. The lowest BCUT2D eigenvalue weighted by molar-refractivity contribution is -0.136. The minimum absolute atomic E-state index is 0.0911. The molecule has 1 aromatic rings. The molecule has 96 valence electrons. The maximum absolute atomic E-state index is 12.6. The van der Waals surface area contributed by atoms with Crippen LogP contribution in [0.15, 0.2) is 24.3 Å². The van der Waals surface area contributed by atoms with Gasteiger partial charge in [-0.1, -0.05) is 24.3 Å². The van der Waals surface area contributed by atoms with Crippen LogP contribution >= 0.6 is 0 Å². The first-order valence-corrected chi connectivity index (χ1v) is 6.89. The quantitative estimate of drug-likeness (QED) is 0.860. The number of amides is 1. The molecule has 2 aliphatic rings. The first-order valence-electron chi connectivity index (χ1n) is 6.89. The number of fused-ring (bicyclic) bond motifs is 1. The normalized spacial score (nSPS) is 26.4. The molecule has 0 saturated carbocycles. The van der Waals surface area contributed by atoms with E-state index < -0.39 is 0 Å². The minimum atomic E-state index is 0.0911. The van der Waals surface area contributed by atoms with Gasteiger partial charge < -0.3 is 10.6 Å². The molecule has 1 amide bonds. The van der Waals surface area contributed by atoms with Gasteiger partial charge in [0.15, 0.2) is 0 Å². The van der Waals surface area contributed by atoms with E-state index in [1.54, 1.807) is 0 Å². The van der Waals surface area contributed by atoms with Crippen molar-refractivity contribution in [3.8, 4) is 0 Å². The second-order valence-electron chi connectivity index (χ2n) is 5.37. The third-order valence-corrected chi connectivity index (χ3v) is 4.33. The number of hydrogen-bond donors (Lipinski definition) is 1. The van der Waals surface area contributed by atoms with Crippen molar-refractivity contribution >= 4 is 5.91 Å². The summed E-state index contributed by atoms with van der Waals surface area (Å²) in [7, 11) is 0. The topological polar surface area (TPSA) is 46.3 Å². The van der Waals surface area contributed by atoms with E-state index >= 15 is 0 Å². The van der Waals surface area contributed by atoms with Crippen LogP contribution in [0.3, 0.4) is 0 Å². The predicted octanol–water partition coefficient (Wildman–Crippen LogP) is 1.67. The Morgan fingerprint density at radius 3 is 2.94 bits per heavy atom. The van der Waals surface area contributed by atoms with Crippen molar-refractivity contribution in [2.75, 3.05) is 13.1 Å². The summed E-state index contributed by atoms with van der Waals surface area (Å²) in [5.74, 6) is 0.386. The van der Waals surface area contributed by atoms with Crippen molar-refractivity contribution in [1.82, 2.24) is 4.90 Å². The Hall–Kier alpha value is -1.35. The summed E-state index contributed by atoms with van der Waals surface area (Å²) < 4.78 is 0. The SMILES string of the molecule is NCC1CCCCN1C(=O)C1Cc2ccccc21. The van der Waals surface area contributed by atoms with Crippen LogP contribution in [0, 0.1) is 0 Å². The Morgan fingerprint density at radius 2 is 2.17 bits per heavy atom. The number of rotatable bonds is 2.